The zero-order valence-corrected chi connectivity index (χ0v) is 15.2. The summed E-state index contributed by atoms with van der Waals surface area (Å²) >= 11 is 11.0. The van der Waals surface area contributed by atoms with Gasteiger partial charge in [0, 0.05) is 10.7 Å². The summed E-state index contributed by atoms with van der Waals surface area (Å²) in [5, 5.41) is 12.8. The first-order valence-corrected chi connectivity index (χ1v) is 8.33. The number of para-hydroxylation sites is 1. The second-order valence-corrected chi connectivity index (χ2v) is 6.04. The summed E-state index contributed by atoms with van der Waals surface area (Å²) < 4.78 is 0. The lowest BCUT2D eigenvalue weighted by molar-refractivity contribution is -0.121. The van der Waals surface area contributed by atoms with Crippen molar-refractivity contribution in [1.29, 1.82) is 5.26 Å². The number of benzene rings is 2. The lowest BCUT2D eigenvalue weighted by atomic mass is 10.1. The molecule has 0 saturated carbocycles. The minimum Gasteiger partial charge on any atom is -0.383 e. The van der Waals surface area contributed by atoms with Gasteiger partial charge < -0.3 is 11.1 Å². The van der Waals surface area contributed by atoms with Crippen molar-refractivity contribution in [2.45, 2.75) is 6.42 Å². The standard InChI is InChI=1S/C18H16ClN5OS/c19-13-8-6-12(7-9-13)10-16(25)23-24-17(21)15(11-20)18(26)22-14-4-2-1-3-5-14/h1-9,24H,10,21H2,(H,22,26)(H,23,25)/b17-15-. The van der Waals surface area contributed by atoms with E-state index in [4.69, 9.17) is 29.6 Å². The summed E-state index contributed by atoms with van der Waals surface area (Å²) in [7, 11) is 0. The van der Waals surface area contributed by atoms with E-state index in [0.29, 0.717) is 5.02 Å². The van der Waals surface area contributed by atoms with Crippen molar-refractivity contribution in [2.75, 3.05) is 5.32 Å². The maximum Gasteiger partial charge on any atom is 0.242 e. The highest BCUT2D eigenvalue weighted by Crippen LogP contribution is 2.10. The van der Waals surface area contributed by atoms with Crippen molar-refractivity contribution < 1.29 is 4.79 Å². The third kappa shape index (κ3) is 5.77. The number of rotatable bonds is 6. The Morgan fingerprint density at radius 1 is 1.12 bits per heavy atom. The van der Waals surface area contributed by atoms with E-state index in [1.54, 1.807) is 36.4 Å². The van der Waals surface area contributed by atoms with Gasteiger partial charge in [0.25, 0.3) is 0 Å². The van der Waals surface area contributed by atoms with E-state index >= 15 is 0 Å². The summed E-state index contributed by atoms with van der Waals surface area (Å²) in [4.78, 5) is 12.1. The van der Waals surface area contributed by atoms with Crippen LogP contribution >= 0.6 is 23.8 Å². The average Bonchev–Trinajstić information content (AvgIpc) is 2.63. The number of amides is 1. The van der Waals surface area contributed by atoms with Crippen LogP contribution in [0.5, 0.6) is 0 Å². The normalized spacial score (nSPS) is 10.9. The highest BCUT2D eigenvalue weighted by Gasteiger charge is 2.11. The lowest BCUT2D eigenvalue weighted by Gasteiger charge is -2.12. The second-order valence-electron chi connectivity index (χ2n) is 5.20. The third-order valence-corrected chi connectivity index (χ3v) is 3.81. The zero-order valence-electron chi connectivity index (χ0n) is 13.6. The Morgan fingerprint density at radius 2 is 1.77 bits per heavy atom. The molecule has 2 aromatic carbocycles. The number of carbonyl (C=O) groups excluding carboxylic acids is 1. The number of halogens is 1. The number of anilines is 1. The molecule has 0 aliphatic heterocycles. The number of nitrogens with one attached hydrogen (secondary N) is 3. The smallest absolute Gasteiger partial charge is 0.242 e. The highest BCUT2D eigenvalue weighted by atomic mass is 35.5. The molecule has 2 rings (SSSR count). The Morgan fingerprint density at radius 3 is 2.38 bits per heavy atom. The molecule has 8 heteroatoms. The zero-order chi connectivity index (χ0) is 18.9. The molecule has 0 unspecified atom stereocenters. The quantitative estimate of drug-likeness (QED) is 0.264. The fraction of sp³-hybridized carbons (Fsp3) is 0.0556. The molecule has 0 saturated heterocycles. The van der Waals surface area contributed by atoms with Gasteiger partial charge in [-0.3, -0.25) is 15.6 Å². The molecule has 0 radical (unpaired) electrons. The predicted molar refractivity (Wildman–Crippen MR) is 106 cm³/mol. The summed E-state index contributed by atoms with van der Waals surface area (Å²) in [5.74, 6) is -0.375. The molecule has 26 heavy (non-hydrogen) atoms. The van der Waals surface area contributed by atoms with E-state index in [-0.39, 0.29) is 28.7 Å². The van der Waals surface area contributed by atoms with Gasteiger partial charge in [0.2, 0.25) is 5.91 Å². The molecule has 132 valence electrons. The summed E-state index contributed by atoms with van der Waals surface area (Å²) in [6, 6.07) is 18.0. The molecule has 5 N–H and O–H groups in total. The number of thiocarbonyl (C=S) groups is 1. The number of carbonyl (C=O) groups is 1. The lowest BCUT2D eigenvalue weighted by Crippen LogP contribution is -2.41. The number of hydrogen-bond donors (Lipinski definition) is 4. The number of hydrogen-bond acceptors (Lipinski definition) is 5. The molecule has 0 bridgehead atoms. The Bertz CT molecular complexity index is 859. The van der Waals surface area contributed by atoms with Gasteiger partial charge in [0.15, 0.2) is 0 Å². The van der Waals surface area contributed by atoms with E-state index < -0.39 is 0 Å². The molecule has 6 nitrogen and oxygen atoms in total. The van der Waals surface area contributed by atoms with Gasteiger partial charge in [0.05, 0.1) is 6.42 Å². The SMILES string of the molecule is N#C/C(C(=S)Nc1ccccc1)=C(\N)NNC(=O)Cc1ccc(Cl)cc1. The maximum atomic E-state index is 12.0. The van der Waals surface area contributed by atoms with Crippen LogP contribution in [0.25, 0.3) is 0 Å². The first kappa shape index (κ1) is 19.2. The topological polar surface area (TPSA) is 103 Å². The van der Waals surface area contributed by atoms with Crippen LogP contribution in [-0.4, -0.2) is 10.9 Å². The van der Waals surface area contributed by atoms with E-state index in [2.05, 4.69) is 16.2 Å². The Labute approximate surface area is 161 Å². The van der Waals surface area contributed by atoms with Crippen LogP contribution in [0.1, 0.15) is 5.56 Å². The van der Waals surface area contributed by atoms with Gasteiger partial charge in [0.1, 0.15) is 22.5 Å². The Kier molecular flexibility index (Phi) is 6.97. The number of hydrazine groups is 1. The van der Waals surface area contributed by atoms with Crippen LogP contribution in [-0.2, 0) is 11.2 Å². The minimum absolute atomic E-state index is 0.0237. The summed E-state index contributed by atoms with van der Waals surface area (Å²) in [6.45, 7) is 0. The first-order valence-electron chi connectivity index (χ1n) is 7.55. The van der Waals surface area contributed by atoms with Crippen molar-refractivity contribution in [1.82, 2.24) is 10.9 Å². The second kappa shape index (κ2) is 9.42. The highest BCUT2D eigenvalue weighted by molar-refractivity contribution is 7.81. The Balaban J connectivity index is 1.95. The maximum absolute atomic E-state index is 12.0. The molecule has 0 heterocycles. The van der Waals surface area contributed by atoms with Crippen LogP contribution in [0.4, 0.5) is 5.69 Å². The molecular formula is C18H16ClN5OS. The third-order valence-electron chi connectivity index (χ3n) is 3.25. The number of nitrogens with two attached hydrogens (primary N) is 1. The van der Waals surface area contributed by atoms with Gasteiger partial charge >= 0.3 is 0 Å². The summed E-state index contributed by atoms with van der Waals surface area (Å²) in [6.07, 6.45) is 0.131. The molecule has 0 fully saturated rings. The first-order chi connectivity index (χ1) is 12.5. The van der Waals surface area contributed by atoms with Gasteiger partial charge in [-0.15, -0.1) is 0 Å². The van der Waals surface area contributed by atoms with Crippen LogP contribution in [0.3, 0.4) is 0 Å². The van der Waals surface area contributed by atoms with E-state index in [1.165, 1.54) is 0 Å². The minimum atomic E-state index is -0.325. The molecule has 0 atom stereocenters. The van der Waals surface area contributed by atoms with Crippen LogP contribution in [0, 0.1) is 11.3 Å². The van der Waals surface area contributed by atoms with Crippen molar-refractivity contribution >= 4 is 40.4 Å². The van der Waals surface area contributed by atoms with Gasteiger partial charge in [-0.1, -0.05) is 54.2 Å². The van der Waals surface area contributed by atoms with Crippen LogP contribution in [0.2, 0.25) is 5.02 Å². The van der Waals surface area contributed by atoms with Gasteiger partial charge in [-0.2, -0.15) is 5.26 Å². The largest absolute Gasteiger partial charge is 0.383 e. The van der Waals surface area contributed by atoms with Crippen molar-refractivity contribution in [3.63, 3.8) is 0 Å². The summed E-state index contributed by atoms with van der Waals surface area (Å²) in [5.41, 5.74) is 12.3. The number of nitriles is 1. The monoisotopic (exact) mass is 385 g/mol. The molecular weight excluding hydrogens is 370 g/mol. The van der Waals surface area contributed by atoms with Crippen LogP contribution < -0.4 is 21.9 Å². The Hall–Kier alpha value is -3.08. The van der Waals surface area contributed by atoms with Gasteiger partial charge in [-0.05, 0) is 29.8 Å². The molecule has 0 aliphatic rings. The molecule has 0 spiro atoms. The molecule has 1 amide bonds. The van der Waals surface area contributed by atoms with E-state index in [1.807, 2.05) is 24.3 Å². The average molecular weight is 386 g/mol. The molecule has 0 aliphatic carbocycles. The molecule has 2 aromatic rings. The fourth-order valence-corrected chi connectivity index (χ4v) is 2.38. The number of nitrogens with zero attached hydrogens (tertiary/aromatic N) is 1. The van der Waals surface area contributed by atoms with Crippen molar-refractivity contribution in [3.8, 4) is 6.07 Å². The van der Waals surface area contributed by atoms with E-state index in [9.17, 15) is 10.1 Å². The predicted octanol–water partition coefficient (Wildman–Crippen LogP) is 2.64. The fourth-order valence-electron chi connectivity index (χ4n) is 1.98. The molecule has 0 aromatic heterocycles. The van der Waals surface area contributed by atoms with Crippen molar-refractivity contribution in [2.24, 2.45) is 5.73 Å². The van der Waals surface area contributed by atoms with Crippen molar-refractivity contribution in [3.05, 3.63) is 76.6 Å². The van der Waals surface area contributed by atoms with Gasteiger partial charge in [-0.25, -0.2) is 0 Å². The van der Waals surface area contributed by atoms with E-state index in [0.717, 1.165) is 11.3 Å². The van der Waals surface area contributed by atoms with Crippen LogP contribution in [0.15, 0.2) is 66.0 Å².